The maximum Gasteiger partial charge on any atom is 0.186 e. The highest BCUT2D eigenvalue weighted by Crippen LogP contribution is 2.24. The van der Waals surface area contributed by atoms with Crippen LogP contribution >= 0.6 is 0 Å². The van der Waals surface area contributed by atoms with Crippen molar-refractivity contribution < 1.29 is 55.1 Å². The Morgan fingerprint density at radius 2 is 1.22 bits per heavy atom. The Hall–Kier alpha value is -0.440. The lowest BCUT2D eigenvalue weighted by atomic mass is 9.98. The minimum absolute atomic E-state index is 0.468. The number of hydrogen-bond donors (Lipinski definition) is 8. The molecule has 2 heterocycles. The third-order valence-corrected chi connectivity index (χ3v) is 3.96. The molecule has 0 saturated carbocycles. The second-order valence-corrected chi connectivity index (χ2v) is 5.57. The number of aliphatic hydroxyl groups excluding tert-OH is 8. The van der Waals surface area contributed by atoms with Gasteiger partial charge in [-0.3, -0.25) is 0 Å². The summed E-state index contributed by atoms with van der Waals surface area (Å²) >= 11 is 0. The molecular formula is C12H22O11. The van der Waals surface area contributed by atoms with Crippen LogP contribution in [0.25, 0.3) is 0 Å². The summed E-state index contributed by atoms with van der Waals surface area (Å²) in [6.45, 7) is -1.10. The van der Waals surface area contributed by atoms with E-state index in [-0.39, 0.29) is 0 Å². The van der Waals surface area contributed by atoms with E-state index in [1.165, 1.54) is 0 Å². The van der Waals surface area contributed by atoms with Crippen LogP contribution in [-0.4, -0.2) is 115 Å². The minimum Gasteiger partial charge on any atom is -0.394 e. The zero-order valence-corrected chi connectivity index (χ0v) is 12.0. The summed E-state index contributed by atoms with van der Waals surface area (Å²) in [7, 11) is 0. The highest BCUT2D eigenvalue weighted by molar-refractivity contribution is 4.91. The second-order valence-electron chi connectivity index (χ2n) is 5.57. The van der Waals surface area contributed by atoms with Crippen molar-refractivity contribution in [2.75, 3.05) is 13.2 Å². The molecule has 2 rings (SSSR count). The predicted octanol–water partition coefficient (Wildman–Crippen LogP) is -5.40. The number of ether oxygens (including phenoxy) is 3. The maximum atomic E-state index is 9.78. The average molecular weight is 342 g/mol. The third-order valence-electron chi connectivity index (χ3n) is 3.96. The molecule has 0 aromatic rings. The van der Waals surface area contributed by atoms with E-state index in [1.54, 1.807) is 0 Å². The molecule has 0 spiro atoms. The van der Waals surface area contributed by atoms with E-state index in [4.69, 9.17) is 19.3 Å². The second kappa shape index (κ2) is 7.63. The van der Waals surface area contributed by atoms with Gasteiger partial charge in [0.2, 0.25) is 0 Å². The Labute approximate surface area is 130 Å². The first-order valence-electron chi connectivity index (χ1n) is 7.07. The first-order chi connectivity index (χ1) is 10.8. The molecule has 2 aliphatic rings. The molecule has 0 radical (unpaired) electrons. The molecule has 0 aliphatic carbocycles. The summed E-state index contributed by atoms with van der Waals surface area (Å²) in [4.78, 5) is 0. The molecule has 136 valence electrons. The van der Waals surface area contributed by atoms with Gasteiger partial charge in [0, 0.05) is 0 Å². The Morgan fingerprint density at radius 1 is 0.652 bits per heavy atom. The predicted molar refractivity (Wildman–Crippen MR) is 68.6 cm³/mol. The van der Waals surface area contributed by atoms with E-state index in [0.29, 0.717) is 0 Å². The fraction of sp³-hybridized carbons (Fsp3) is 1.00. The lowest BCUT2D eigenvalue weighted by Crippen LogP contribution is -2.61. The van der Waals surface area contributed by atoms with Crippen molar-refractivity contribution >= 4 is 0 Å². The molecule has 2 saturated heterocycles. The Kier molecular flexibility index (Phi) is 6.27. The number of aliphatic hydroxyl groups is 8. The lowest BCUT2D eigenvalue weighted by molar-refractivity contribution is -0.325. The fourth-order valence-corrected chi connectivity index (χ4v) is 2.46. The summed E-state index contributed by atoms with van der Waals surface area (Å²) in [5.41, 5.74) is 0. The molecule has 23 heavy (non-hydrogen) atoms. The summed E-state index contributed by atoms with van der Waals surface area (Å²) in [5, 5.41) is 76.1. The van der Waals surface area contributed by atoms with Crippen molar-refractivity contribution in [2.45, 2.75) is 61.4 Å². The standard InChI is InChI=1S/C12H22O11/c13-1-3-5(14)8(17)10(19)12(23-3)21-2-4-6(15)7(16)9(18)11(20)22-4/h3-20H,1-2H2/t3-,4+,5+,6+,7-,8-,9-,10-,11+,12+/m0/s1. The molecular weight excluding hydrogens is 320 g/mol. The fourth-order valence-electron chi connectivity index (χ4n) is 2.46. The van der Waals surface area contributed by atoms with Crippen LogP contribution in [0.2, 0.25) is 0 Å². The quantitative estimate of drug-likeness (QED) is 0.243. The van der Waals surface area contributed by atoms with Gasteiger partial charge < -0.3 is 55.1 Å². The van der Waals surface area contributed by atoms with E-state index < -0.39 is 74.6 Å². The van der Waals surface area contributed by atoms with Crippen LogP contribution in [0, 0.1) is 0 Å². The van der Waals surface area contributed by atoms with E-state index >= 15 is 0 Å². The van der Waals surface area contributed by atoms with Gasteiger partial charge >= 0.3 is 0 Å². The van der Waals surface area contributed by atoms with Gasteiger partial charge in [-0.25, -0.2) is 0 Å². The number of rotatable bonds is 4. The normalized spacial score (nSPS) is 51.7. The van der Waals surface area contributed by atoms with Crippen molar-refractivity contribution in [2.24, 2.45) is 0 Å². The van der Waals surface area contributed by atoms with Crippen molar-refractivity contribution in [3.63, 3.8) is 0 Å². The highest BCUT2D eigenvalue weighted by atomic mass is 16.7. The van der Waals surface area contributed by atoms with Gasteiger partial charge in [-0.1, -0.05) is 0 Å². The van der Waals surface area contributed by atoms with Gasteiger partial charge in [-0.05, 0) is 0 Å². The Balaban J connectivity index is 1.94. The van der Waals surface area contributed by atoms with Crippen molar-refractivity contribution in [1.82, 2.24) is 0 Å². The van der Waals surface area contributed by atoms with Gasteiger partial charge in [-0.2, -0.15) is 0 Å². The monoisotopic (exact) mass is 342 g/mol. The van der Waals surface area contributed by atoms with E-state index in [0.717, 1.165) is 0 Å². The maximum absolute atomic E-state index is 9.78. The van der Waals surface area contributed by atoms with Gasteiger partial charge in [-0.15, -0.1) is 0 Å². The average Bonchev–Trinajstić information content (AvgIpc) is 2.54. The van der Waals surface area contributed by atoms with E-state index in [9.17, 15) is 35.7 Å². The van der Waals surface area contributed by atoms with Crippen LogP contribution in [0.15, 0.2) is 0 Å². The smallest absolute Gasteiger partial charge is 0.186 e. The van der Waals surface area contributed by atoms with E-state index in [1.807, 2.05) is 0 Å². The molecule has 11 nitrogen and oxygen atoms in total. The molecule has 2 fully saturated rings. The zero-order valence-electron chi connectivity index (χ0n) is 12.0. The molecule has 0 bridgehead atoms. The van der Waals surface area contributed by atoms with E-state index in [2.05, 4.69) is 0 Å². The summed E-state index contributed by atoms with van der Waals surface area (Å²) < 4.78 is 15.1. The van der Waals surface area contributed by atoms with Crippen LogP contribution in [0.1, 0.15) is 0 Å². The lowest BCUT2D eigenvalue weighted by Gasteiger charge is -2.41. The third kappa shape index (κ3) is 3.81. The summed E-state index contributed by atoms with van der Waals surface area (Å²) in [6, 6.07) is 0. The largest absolute Gasteiger partial charge is 0.394 e. The van der Waals surface area contributed by atoms with Crippen molar-refractivity contribution in [3.05, 3.63) is 0 Å². The Morgan fingerprint density at radius 3 is 1.83 bits per heavy atom. The van der Waals surface area contributed by atoms with Crippen LogP contribution < -0.4 is 0 Å². The molecule has 0 amide bonds. The van der Waals surface area contributed by atoms with Gasteiger partial charge in [0.15, 0.2) is 12.6 Å². The van der Waals surface area contributed by atoms with Crippen LogP contribution in [0.3, 0.4) is 0 Å². The first kappa shape index (κ1) is 18.9. The number of hydrogen-bond acceptors (Lipinski definition) is 11. The summed E-state index contributed by atoms with van der Waals surface area (Å²) in [5.74, 6) is 0. The van der Waals surface area contributed by atoms with Gasteiger partial charge in [0.1, 0.15) is 48.8 Å². The van der Waals surface area contributed by atoms with Gasteiger partial charge in [0.25, 0.3) is 0 Å². The van der Waals surface area contributed by atoms with Crippen molar-refractivity contribution in [1.29, 1.82) is 0 Å². The molecule has 0 unspecified atom stereocenters. The molecule has 8 N–H and O–H groups in total. The molecule has 10 atom stereocenters. The molecule has 2 aliphatic heterocycles. The molecule has 11 heteroatoms. The van der Waals surface area contributed by atoms with Crippen LogP contribution in [-0.2, 0) is 14.2 Å². The zero-order chi connectivity index (χ0) is 17.3. The SMILES string of the molecule is OC[C@@H]1O[C@@H](OC[C@H]2O[C@@H](O)[C@@H](O)[C@@H](O)[C@@H]2O)[C@@H](O)[C@@H](O)[C@@H]1O. The molecule has 0 aromatic carbocycles. The minimum atomic E-state index is -1.74. The highest BCUT2D eigenvalue weighted by Gasteiger charge is 2.46. The van der Waals surface area contributed by atoms with Crippen molar-refractivity contribution in [3.8, 4) is 0 Å². The first-order valence-corrected chi connectivity index (χ1v) is 7.07. The summed E-state index contributed by atoms with van der Waals surface area (Å²) in [6.07, 6.45) is -15.3. The topological polar surface area (TPSA) is 190 Å². The Bertz CT molecular complexity index is 380. The van der Waals surface area contributed by atoms with Crippen LogP contribution in [0.4, 0.5) is 0 Å². The van der Waals surface area contributed by atoms with Gasteiger partial charge in [0.05, 0.1) is 13.2 Å². The van der Waals surface area contributed by atoms with Crippen LogP contribution in [0.5, 0.6) is 0 Å². The molecule has 0 aromatic heterocycles.